The number of halogens is 3. The highest BCUT2D eigenvalue weighted by Crippen LogP contribution is 2.70. The second kappa shape index (κ2) is 16.0. The standard InChI is InChI=1S/C42H63F3O9/c1-8-49-24-39(46)27(4)53-36(40(47,25-50-9-2)35(39)48-7)54-31-17-20-37(5)30(23-31)15-16-34-33(37)18-21-38(6)32(19-22-41(34,38)52-26-51-10-3)28-11-13-29(14-12-28)42(43,44)45/h11-14,19,27,30-31,33-36,46-47H,8-10,15-18,20-26H2,1-7H3/t27-,30+,31-,33-,34+,35+,36-,37-,38+,39-,40-,41-/m0/s1. The van der Waals surface area contributed by atoms with Crippen molar-refractivity contribution < 1.29 is 56.5 Å². The van der Waals surface area contributed by atoms with E-state index in [-0.39, 0.29) is 37.4 Å². The lowest BCUT2D eigenvalue weighted by Gasteiger charge is -2.64. The molecular formula is C42H63F3O9. The monoisotopic (exact) mass is 768 g/mol. The van der Waals surface area contributed by atoms with Crippen LogP contribution in [0.4, 0.5) is 13.2 Å². The molecule has 1 aliphatic heterocycles. The summed E-state index contributed by atoms with van der Waals surface area (Å²) in [6.45, 7) is 13.3. The second-order valence-electron chi connectivity index (χ2n) is 16.9. The third-order valence-corrected chi connectivity index (χ3v) is 14.4. The Bertz CT molecular complexity index is 1460. The number of ether oxygens (including phenoxy) is 7. The molecule has 2 N–H and O–H groups in total. The summed E-state index contributed by atoms with van der Waals surface area (Å²) >= 11 is 0. The van der Waals surface area contributed by atoms with Crippen LogP contribution in [-0.2, 0) is 39.3 Å². The third kappa shape index (κ3) is 7.01. The second-order valence-corrected chi connectivity index (χ2v) is 16.9. The fourth-order valence-electron chi connectivity index (χ4n) is 11.5. The first-order valence-electron chi connectivity index (χ1n) is 20.1. The van der Waals surface area contributed by atoms with Crippen LogP contribution in [0.2, 0.25) is 0 Å². The average Bonchev–Trinajstić information content (AvgIpc) is 3.45. The van der Waals surface area contributed by atoms with Gasteiger partial charge in [-0.1, -0.05) is 32.1 Å². The van der Waals surface area contributed by atoms with Gasteiger partial charge < -0.3 is 43.4 Å². The van der Waals surface area contributed by atoms with Crippen LogP contribution in [0.25, 0.3) is 5.57 Å². The Labute approximate surface area is 319 Å². The molecule has 6 rings (SSSR count). The molecule has 306 valence electrons. The quantitative estimate of drug-likeness (QED) is 0.113. The number of hydrogen-bond donors (Lipinski definition) is 2. The zero-order valence-corrected chi connectivity index (χ0v) is 33.2. The molecule has 0 radical (unpaired) electrons. The number of benzene rings is 1. The molecular weight excluding hydrogens is 705 g/mol. The molecule has 4 aliphatic carbocycles. The Balaban J connectivity index is 1.22. The van der Waals surface area contributed by atoms with Crippen molar-refractivity contribution in [1.82, 2.24) is 0 Å². The van der Waals surface area contributed by atoms with Gasteiger partial charge in [-0.15, -0.1) is 0 Å². The van der Waals surface area contributed by atoms with E-state index in [1.54, 1.807) is 19.1 Å². The molecule has 1 saturated heterocycles. The van der Waals surface area contributed by atoms with Crippen molar-refractivity contribution in [2.75, 3.05) is 46.9 Å². The molecule has 0 spiro atoms. The summed E-state index contributed by atoms with van der Waals surface area (Å²) in [5.74, 6) is 0.978. The molecule has 4 fully saturated rings. The van der Waals surface area contributed by atoms with Crippen LogP contribution in [0.1, 0.15) is 104 Å². The lowest BCUT2D eigenvalue weighted by Crippen LogP contribution is -2.75. The molecule has 12 heteroatoms. The maximum Gasteiger partial charge on any atom is 0.416 e. The molecule has 1 heterocycles. The predicted octanol–water partition coefficient (Wildman–Crippen LogP) is 7.55. The van der Waals surface area contributed by atoms with E-state index in [1.165, 1.54) is 19.2 Å². The Kier molecular flexibility index (Phi) is 12.4. The van der Waals surface area contributed by atoms with E-state index in [1.807, 2.05) is 20.8 Å². The van der Waals surface area contributed by atoms with Crippen LogP contribution in [0.15, 0.2) is 30.3 Å². The number of methoxy groups -OCH3 is 1. The number of rotatable bonds is 14. The van der Waals surface area contributed by atoms with Crippen molar-refractivity contribution in [3.8, 4) is 0 Å². The van der Waals surface area contributed by atoms with Gasteiger partial charge in [-0.2, -0.15) is 13.2 Å². The fraction of sp³-hybridized carbons (Fsp3) is 0.810. The van der Waals surface area contributed by atoms with Crippen molar-refractivity contribution in [2.24, 2.45) is 28.6 Å². The maximum absolute atomic E-state index is 13.5. The minimum atomic E-state index is -4.39. The molecule has 12 atom stereocenters. The van der Waals surface area contributed by atoms with Crippen LogP contribution >= 0.6 is 0 Å². The number of fused-ring (bicyclic) bond motifs is 5. The summed E-state index contributed by atoms with van der Waals surface area (Å²) in [6.07, 6.45) is 1.69. The Morgan fingerprint density at radius 1 is 0.852 bits per heavy atom. The zero-order chi connectivity index (χ0) is 39.2. The van der Waals surface area contributed by atoms with Crippen molar-refractivity contribution in [2.45, 2.75) is 140 Å². The molecule has 3 saturated carbocycles. The van der Waals surface area contributed by atoms with E-state index < -0.39 is 52.5 Å². The van der Waals surface area contributed by atoms with E-state index >= 15 is 0 Å². The van der Waals surface area contributed by atoms with E-state index in [0.29, 0.717) is 38.1 Å². The van der Waals surface area contributed by atoms with E-state index in [2.05, 4.69) is 19.9 Å². The zero-order valence-electron chi connectivity index (χ0n) is 33.2. The third-order valence-electron chi connectivity index (χ3n) is 14.4. The van der Waals surface area contributed by atoms with Crippen molar-refractivity contribution in [3.63, 3.8) is 0 Å². The number of aliphatic hydroxyl groups is 2. The van der Waals surface area contributed by atoms with Gasteiger partial charge in [0.15, 0.2) is 11.9 Å². The maximum atomic E-state index is 13.5. The molecule has 9 nitrogen and oxygen atoms in total. The van der Waals surface area contributed by atoms with Gasteiger partial charge in [-0.25, -0.2) is 0 Å². The summed E-state index contributed by atoms with van der Waals surface area (Å²) in [5.41, 5.74) is -3.10. The predicted molar refractivity (Wildman–Crippen MR) is 196 cm³/mol. The van der Waals surface area contributed by atoms with Gasteiger partial charge in [0.25, 0.3) is 0 Å². The fourth-order valence-corrected chi connectivity index (χ4v) is 11.5. The molecule has 0 bridgehead atoms. The Morgan fingerprint density at radius 2 is 1.52 bits per heavy atom. The summed E-state index contributed by atoms with van der Waals surface area (Å²) in [4.78, 5) is 0. The molecule has 1 aromatic carbocycles. The van der Waals surface area contributed by atoms with Gasteiger partial charge in [-0.3, -0.25) is 0 Å². The highest BCUT2D eigenvalue weighted by molar-refractivity contribution is 5.75. The van der Waals surface area contributed by atoms with Gasteiger partial charge >= 0.3 is 6.18 Å². The first-order valence-corrected chi connectivity index (χ1v) is 20.1. The lowest BCUT2D eigenvalue weighted by atomic mass is 9.43. The van der Waals surface area contributed by atoms with Crippen molar-refractivity contribution in [1.29, 1.82) is 0 Å². The largest absolute Gasteiger partial charge is 0.416 e. The lowest BCUT2D eigenvalue weighted by molar-refractivity contribution is -0.386. The van der Waals surface area contributed by atoms with Crippen LogP contribution in [-0.4, -0.2) is 98.6 Å². The number of alkyl halides is 3. The van der Waals surface area contributed by atoms with Crippen molar-refractivity contribution >= 4 is 5.57 Å². The minimum Gasteiger partial charge on any atom is -0.382 e. The van der Waals surface area contributed by atoms with Gasteiger partial charge in [0.05, 0.1) is 36.6 Å². The van der Waals surface area contributed by atoms with Gasteiger partial charge in [0.2, 0.25) is 0 Å². The minimum absolute atomic E-state index is 0.0122. The summed E-state index contributed by atoms with van der Waals surface area (Å²) in [7, 11) is 1.46. The van der Waals surface area contributed by atoms with Gasteiger partial charge in [0, 0.05) is 32.3 Å². The normalized spacial score (nSPS) is 42.2. The summed E-state index contributed by atoms with van der Waals surface area (Å²) in [5, 5.41) is 24.0. The van der Waals surface area contributed by atoms with Gasteiger partial charge in [0.1, 0.15) is 18.5 Å². The van der Waals surface area contributed by atoms with Crippen LogP contribution < -0.4 is 0 Å². The van der Waals surface area contributed by atoms with E-state index in [0.717, 1.165) is 56.1 Å². The topological polar surface area (TPSA) is 105 Å². The summed E-state index contributed by atoms with van der Waals surface area (Å²) in [6, 6.07) is 5.60. The first kappa shape index (κ1) is 42.0. The molecule has 1 aromatic rings. The van der Waals surface area contributed by atoms with E-state index in [9.17, 15) is 23.4 Å². The SMILES string of the molecule is CCOCO[C@]12CC=C(c3ccc(C(F)(F)F)cc3)[C@@]1(C)CC[C@H]1[C@H]2CC[C@@H]2C[C@@H](O[C@@H]3O[C@@H](C)[C@@](O)(COCC)[C@@H](OC)[C@@]3(O)COCC)CC[C@@]21C. The number of hydrogen-bond acceptors (Lipinski definition) is 9. The van der Waals surface area contributed by atoms with Crippen LogP contribution in [0.5, 0.6) is 0 Å². The van der Waals surface area contributed by atoms with E-state index in [4.69, 9.17) is 33.2 Å². The summed E-state index contributed by atoms with van der Waals surface area (Å²) < 4.78 is 83.4. The van der Waals surface area contributed by atoms with Gasteiger partial charge in [-0.05, 0) is 125 Å². The Hall–Kier alpha value is -1.61. The molecule has 0 amide bonds. The average molecular weight is 769 g/mol. The van der Waals surface area contributed by atoms with Crippen LogP contribution in [0, 0.1) is 28.6 Å². The molecule has 0 aromatic heterocycles. The Morgan fingerprint density at radius 3 is 2.15 bits per heavy atom. The van der Waals surface area contributed by atoms with Crippen molar-refractivity contribution in [3.05, 3.63) is 41.5 Å². The van der Waals surface area contributed by atoms with Crippen LogP contribution in [0.3, 0.4) is 0 Å². The highest BCUT2D eigenvalue weighted by Gasteiger charge is 2.68. The smallest absolute Gasteiger partial charge is 0.382 e. The highest BCUT2D eigenvalue weighted by atomic mass is 19.4. The molecule has 0 unspecified atom stereocenters. The first-order chi connectivity index (χ1) is 25.6. The molecule has 54 heavy (non-hydrogen) atoms. The molecule has 5 aliphatic rings.